The van der Waals surface area contributed by atoms with Crippen molar-refractivity contribution in [3.05, 3.63) is 53.6 Å². The first-order valence-electron chi connectivity index (χ1n) is 15.8. The Bertz CT molecular complexity index is 1020. The number of ether oxygens (including phenoxy) is 1. The fourth-order valence-corrected chi connectivity index (χ4v) is 9.68. The monoisotopic (exact) mass is 516 g/mol. The second-order valence-corrected chi connectivity index (χ2v) is 14.3. The Morgan fingerprint density at radius 3 is 2.55 bits per heavy atom. The minimum Gasteiger partial charge on any atom is -0.459 e. The lowest BCUT2D eigenvalue weighted by atomic mass is 9.47. The zero-order valence-corrected chi connectivity index (χ0v) is 24.8. The molecule has 1 aromatic rings. The number of rotatable bonds is 8. The largest absolute Gasteiger partial charge is 0.459 e. The fraction of sp³-hybridized carbons (Fsp3) is 0.694. The van der Waals surface area contributed by atoms with Crippen molar-refractivity contribution < 1.29 is 9.53 Å². The summed E-state index contributed by atoms with van der Waals surface area (Å²) in [5, 5.41) is 0. The molecule has 0 unspecified atom stereocenters. The molecule has 0 aliphatic heterocycles. The smallest absolute Gasteiger partial charge is 0.331 e. The second kappa shape index (κ2) is 11.3. The van der Waals surface area contributed by atoms with Crippen LogP contribution in [0.4, 0.5) is 0 Å². The predicted molar refractivity (Wildman–Crippen MR) is 158 cm³/mol. The number of allylic oxidation sites excluding steroid dienone is 1. The van der Waals surface area contributed by atoms with Gasteiger partial charge in [-0.3, -0.25) is 0 Å². The van der Waals surface area contributed by atoms with Crippen LogP contribution < -0.4 is 0 Å². The predicted octanol–water partition coefficient (Wildman–Crippen LogP) is 9.65. The average Bonchev–Trinajstić information content (AvgIpc) is 3.25. The van der Waals surface area contributed by atoms with Gasteiger partial charge in [-0.25, -0.2) is 4.79 Å². The first-order valence-corrected chi connectivity index (χ1v) is 15.8. The SMILES string of the molecule is CC(C)CCC[C@H](C)[C@@H]1CC[C@@H]2[C@H]3CC=C4C[C@@H](OC(=O)/C=C/c5ccccc5)CC[C@]4(C)[C@@H]3CC[C@@]21C. The molecule has 3 fully saturated rings. The van der Waals surface area contributed by atoms with E-state index in [-0.39, 0.29) is 12.1 Å². The molecule has 38 heavy (non-hydrogen) atoms. The summed E-state index contributed by atoms with van der Waals surface area (Å²) in [6.07, 6.45) is 20.3. The normalized spacial score (nSPS) is 37.3. The van der Waals surface area contributed by atoms with Crippen LogP contribution in [0.3, 0.4) is 0 Å². The molecular formula is C36H52O2. The summed E-state index contributed by atoms with van der Waals surface area (Å²) in [7, 11) is 0. The third-order valence-electron chi connectivity index (χ3n) is 11.8. The van der Waals surface area contributed by atoms with E-state index in [1.807, 2.05) is 36.4 Å². The number of esters is 1. The first-order chi connectivity index (χ1) is 18.2. The molecule has 4 aliphatic rings. The highest BCUT2D eigenvalue weighted by Gasteiger charge is 2.59. The van der Waals surface area contributed by atoms with E-state index < -0.39 is 0 Å². The van der Waals surface area contributed by atoms with Gasteiger partial charge in [-0.05, 0) is 103 Å². The number of carbonyl (C=O) groups is 1. The topological polar surface area (TPSA) is 26.3 Å². The van der Waals surface area contributed by atoms with Crippen molar-refractivity contribution in [3.8, 4) is 0 Å². The maximum absolute atomic E-state index is 12.6. The van der Waals surface area contributed by atoms with Crippen LogP contribution in [0.25, 0.3) is 6.08 Å². The summed E-state index contributed by atoms with van der Waals surface area (Å²) in [5.41, 5.74) is 3.46. The van der Waals surface area contributed by atoms with Crippen LogP contribution >= 0.6 is 0 Å². The molecule has 0 N–H and O–H groups in total. The van der Waals surface area contributed by atoms with Crippen molar-refractivity contribution in [2.75, 3.05) is 0 Å². The highest BCUT2D eigenvalue weighted by molar-refractivity contribution is 5.87. The quantitative estimate of drug-likeness (QED) is 0.195. The zero-order chi connectivity index (χ0) is 26.9. The lowest BCUT2D eigenvalue weighted by Crippen LogP contribution is -2.51. The molecule has 1 aromatic carbocycles. The van der Waals surface area contributed by atoms with E-state index in [1.165, 1.54) is 57.8 Å². The van der Waals surface area contributed by atoms with Crippen molar-refractivity contribution >= 4 is 12.0 Å². The van der Waals surface area contributed by atoms with Crippen LogP contribution in [0.15, 0.2) is 48.1 Å². The summed E-state index contributed by atoms with van der Waals surface area (Å²) in [5.74, 6) is 4.97. The van der Waals surface area contributed by atoms with E-state index in [1.54, 1.807) is 11.6 Å². The molecule has 0 bridgehead atoms. The van der Waals surface area contributed by atoms with E-state index in [0.717, 1.165) is 53.9 Å². The molecule has 208 valence electrons. The Morgan fingerprint density at radius 2 is 1.79 bits per heavy atom. The Labute approximate surface area is 232 Å². The molecule has 0 amide bonds. The molecule has 0 saturated heterocycles. The fourth-order valence-electron chi connectivity index (χ4n) is 9.68. The third kappa shape index (κ3) is 5.44. The van der Waals surface area contributed by atoms with Gasteiger partial charge in [-0.15, -0.1) is 0 Å². The van der Waals surface area contributed by atoms with Gasteiger partial charge in [0.25, 0.3) is 0 Å². The minimum absolute atomic E-state index is 0.0233. The van der Waals surface area contributed by atoms with Crippen LogP contribution in [-0.4, -0.2) is 12.1 Å². The lowest BCUT2D eigenvalue weighted by Gasteiger charge is -2.58. The van der Waals surface area contributed by atoms with Gasteiger partial charge in [0.15, 0.2) is 0 Å². The van der Waals surface area contributed by atoms with Gasteiger partial charge in [0.2, 0.25) is 0 Å². The van der Waals surface area contributed by atoms with Crippen molar-refractivity contribution in [2.45, 2.75) is 111 Å². The first kappa shape index (κ1) is 27.7. The van der Waals surface area contributed by atoms with E-state index in [2.05, 4.69) is 40.7 Å². The Kier molecular flexibility index (Phi) is 8.28. The van der Waals surface area contributed by atoms with Gasteiger partial charge >= 0.3 is 5.97 Å². The van der Waals surface area contributed by atoms with Gasteiger partial charge < -0.3 is 4.74 Å². The van der Waals surface area contributed by atoms with E-state index >= 15 is 0 Å². The molecule has 4 aliphatic carbocycles. The second-order valence-electron chi connectivity index (χ2n) is 14.3. The summed E-state index contributed by atoms with van der Waals surface area (Å²) in [6, 6.07) is 9.99. The van der Waals surface area contributed by atoms with Gasteiger partial charge in [0, 0.05) is 12.5 Å². The minimum atomic E-state index is -0.204. The Hall–Kier alpha value is -1.83. The van der Waals surface area contributed by atoms with Gasteiger partial charge in [0.1, 0.15) is 6.10 Å². The van der Waals surface area contributed by atoms with Crippen molar-refractivity contribution in [2.24, 2.45) is 46.3 Å². The maximum Gasteiger partial charge on any atom is 0.331 e. The van der Waals surface area contributed by atoms with Crippen LogP contribution in [0.5, 0.6) is 0 Å². The summed E-state index contributed by atoms with van der Waals surface area (Å²) in [4.78, 5) is 12.6. The third-order valence-corrected chi connectivity index (χ3v) is 11.8. The molecule has 2 nitrogen and oxygen atoms in total. The Balaban J connectivity index is 1.22. The van der Waals surface area contributed by atoms with Crippen LogP contribution in [0, 0.1) is 46.3 Å². The standard InChI is InChI=1S/C36H52O2/c1-25(2)10-9-11-26(3)31-17-18-32-30-16-15-28-24-29(38-34(37)19-14-27-12-7-6-8-13-27)20-22-35(28,4)33(30)21-23-36(31,32)5/h6-8,12-15,19,25-26,29-33H,9-11,16-18,20-24H2,1-5H3/b19-14+/t26-,29-,30+,31-,32+,33+,35-,36+/m0/s1. The number of fused-ring (bicyclic) bond motifs is 5. The number of hydrogen-bond acceptors (Lipinski definition) is 2. The molecule has 5 rings (SSSR count). The number of hydrogen-bond donors (Lipinski definition) is 0. The lowest BCUT2D eigenvalue weighted by molar-refractivity contribution is -0.145. The van der Waals surface area contributed by atoms with Gasteiger partial charge in [-0.1, -0.05) is 95.9 Å². The molecule has 0 heterocycles. The molecule has 0 aromatic heterocycles. The van der Waals surface area contributed by atoms with Crippen LogP contribution in [-0.2, 0) is 9.53 Å². The van der Waals surface area contributed by atoms with Crippen LogP contribution in [0.1, 0.15) is 111 Å². The average molecular weight is 517 g/mol. The van der Waals surface area contributed by atoms with E-state index in [0.29, 0.717) is 10.8 Å². The zero-order valence-electron chi connectivity index (χ0n) is 24.8. The molecule has 0 spiro atoms. The molecular weight excluding hydrogens is 464 g/mol. The molecule has 8 atom stereocenters. The van der Waals surface area contributed by atoms with Crippen molar-refractivity contribution in [3.63, 3.8) is 0 Å². The number of carbonyl (C=O) groups excluding carboxylic acids is 1. The highest BCUT2D eigenvalue weighted by Crippen LogP contribution is 2.67. The van der Waals surface area contributed by atoms with Crippen molar-refractivity contribution in [1.29, 1.82) is 0 Å². The highest BCUT2D eigenvalue weighted by atomic mass is 16.5. The van der Waals surface area contributed by atoms with Crippen LogP contribution in [0.2, 0.25) is 0 Å². The summed E-state index contributed by atoms with van der Waals surface area (Å²) in [6.45, 7) is 12.6. The van der Waals surface area contributed by atoms with E-state index in [4.69, 9.17) is 4.74 Å². The molecule has 2 heteroatoms. The number of benzene rings is 1. The summed E-state index contributed by atoms with van der Waals surface area (Å²) >= 11 is 0. The maximum atomic E-state index is 12.6. The van der Waals surface area contributed by atoms with Gasteiger partial charge in [-0.2, -0.15) is 0 Å². The molecule has 3 saturated carbocycles. The van der Waals surface area contributed by atoms with E-state index in [9.17, 15) is 4.79 Å². The molecule has 0 radical (unpaired) electrons. The summed E-state index contributed by atoms with van der Waals surface area (Å²) < 4.78 is 5.95. The van der Waals surface area contributed by atoms with Gasteiger partial charge in [0.05, 0.1) is 0 Å². The Morgan fingerprint density at radius 1 is 1.00 bits per heavy atom. The van der Waals surface area contributed by atoms with Crippen molar-refractivity contribution in [1.82, 2.24) is 0 Å².